The van der Waals surface area contributed by atoms with Crippen LogP contribution in [0.2, 0.25) is 0 Å². The first kappa shape index (κ1) is 13.7. The molecule has 3 nitrogen and oxygen atoms in total. The Morgan fingerprint density at radius 1 is 1.05 bits per heavy atom. The maximum atomic E-state index is 4.60. The smallest absolute Gasteiger partial charge is 0.0708 e. The summed E-state index contributed by atoms with van der Waals surface area (Å²) < 4.78 is 0. The molecule has 0 atom stereocenters. The van der Waals surface area contributed by atoms with Gasteiger partial charge in [0.2, 0.25) is 0 Å². The third kappa shape index (κ3) is 3.26. The molecule has 0 spiro atoms. The van der Waals surface area contributed by atoms with E-state index in [2.05, 4.69) is 59.2 Å². The number of nitrogens with zero attached hydrogens (tertiary/aromatic N) is 3. The fourth-order valence-corrected chi connectivity index (χ4v) is 2.68. The van der Waals surface area contributed by atoms with E-state index in [0.717, 1.165) is 24.3 Å². The number of hydrogen-bond donors (Lipinski definition) is 0. The van der Waals surface area contributed by atoms with E-state index in [-0.39, 0.29) is 0 Å². The quantitative estimate of drug-likeness (QED) is 0.730. The van der Waals surface area contributed by atoms with E-state index in [1.165, 1.54) is 16.5 Å². The van der Waals surface area contributed by atoms with Crippen LogP contribution in [-0.2, 0) is 13.1 Å². The number of hydrogen-bond acceptors (Lipinski definition) is 3. The molecular formula is C18H19N3. The van der Waals surface area contributed by atoms with E-state index in [1.54, 1.807) is 0 Å². The summed E-state index contributed by atoms with van der Waals surface area (Å²) in [4.78, 5) is 11.1. The number of benzene rings is 1. The van der Waals surface area contributed by atoms with Gasteiger partial charge in [0.15, 0.2) is 0 Å². The molecule has 0 N–H and O–H groups in total. The molecule has 0 aliphatic carbocycles. The Kier molecular flexibility index (Phi) is 3.93. The van der Waals surface area contributed by atoms with Crippen molar-refractivity contribution in [3.63, 3.8) is 0 Å². The van der Waals surface area contributed by atoms with E-state index in [4.69, 9.17) is 0 Å². The zero-order valence-corrected chi connectivity index (χ0v) is 12.5. The standard InChI is InChI=1S/C18H19N3/c1-14-10-16(17-7-3-4-8-18(17)20-14)13-21(2)12-15-6-5-9-19-11-15/h3-11H,12-13H2,1-2H3. The van der Waals surface area contributed by atoms with E-state index in [9.17, 15) is 0 Å². The Morgan fingerprint density at radius 3 is 2.71 bits per heavy atom. The summed E-state index contributed by atoms with van der Waals surface area (Å²) in [5, 5.41) is 1.24. The topological polar surface area (TPSA) is 29.0 Å². The minimum absolute atomic E-state index is 0.892. The predicted octanol–water partition coefficient (Wildman–Crippen LogP) is 3.57. The first-order chi connectivity index (χ1) is 10.2. The molecule has 0 radical (unpaired) electrons. The van der Waals surface area contributed by atoms with Gasteiger partial charge in [-0.05, 0) is 43.3 Å². The molecule has 0 amide bonds. The molecule has 106 valence electrons. The number of rotatable bonds is 4. The van der Waals surface area contributed by atoms with Crippen LogP contribution in [0.4, 0.5) is 0 Å². The molecular weight excluding hydrogens is 258 g/mol. The van der Waals surface area contributed by atoms with Crippen molar-refractivity contribution in [3.8, 4) is 0 Å². The van der Waals surface area contributed by atoms with Crippen LogP contribution in [0.3, 0.4) is 0 Å². The molecule has 0 saturated heterocycles. The Balaban J connectivity index is 1.84. The van der Waals surface area contributed by atoms with Crippen molar-refractivity contribution in [1.82, 2.24) is 14.9 Å². The van der Waals surface area contributed by atoms with Crippen molar-refractivity contribution in [2.75, 3.05) is 7.05 Å². The number of pyridine rings is 2. The van der Waals surface area contributed by atoms with Crippen LogP contribution in [0.15, 0.2) is 54.9 Å². The minimum Gasteiger partial charge on any atom is -0.298 e. The van der Waals surface area contributed by atoms with Crippen LogP contribution >= 0.6 is 0 Å². The Morgan fingerprint density at radius 2 is 1.90 bits per heavy atom. The lowest BCUT2D eigenvalue weighted by atomic mass is 10.1. The van der Waals surface area contributed by atoms with Crippen molar-refractivity contribution in [2.24, 2.45) is 0 Å². The van der Waals surface area contributed by atoms with E-state index < -0.39 is 0 Å². The maximum absolute atomic E-state index is 4.60. The van der Waals surface area contributed by atoms with Gasteiger partial charge in [0.25, 0.3) is 0 Å². The molecule has 3 aromatic rings. The Labute approximate surface area is 125 Å². The highest BCUT2D eigenvalue weighted by molar-refractivity contribution is 5.82. The lowest BCUT2D eigenvalue weighted by molar-refractivity contribution is 0.320. The van der Waals surface area contributed by atoms with Gasteiger partial charge in [-0.1, -0.05) is 24.3 Å². The highest BCUT2D eigenvalue weighted by Crippen LogP contribution is 2.20. The molecule has 0 fully saturated rings. The maximum Gasteiger partial charge on any atom is 0.0708 e. The van der Waals surface area contributed by atoms with Crippen molar-refractivity contribution in [3.05, 3.63) is 71.7 Å². The summed E-state index contributed by atoms with van der Waals surface area (Å²) in [6.07, 6.45) is 3.73. The van der Waals surface area contributed by atoms with Gasteiger partial charge in [-0.3, -0.25) is 14.9 Å². The molecule has 3 rings (SSSR count). The fraction of sp³-hybridized carbons (Fsp3) is 0.222. The molecule has 0 aliphatic rings. The summed E-state index contributed by atoms with van der Waals surface area (Å²) in [5.74, 6) is 0. The molecule has 21 heavy (non-hydrogen) atoms. The van der Waals surface area contributed by atoms with Crippen LogP contribution < -0.4 is 0 Å². The SMILES string of the molecule is Cc1cc(CN(C)Cc2cccnc2)c2ccccc2n1. The van der Waals surface area contributed by atoms with Gasteiger partial charge < -0.3 is 0 Å². The fourth-order valence-electron chi connectivity index (χ4n) is 2.68. The lowest BCUT2D eigenvalue weighted by Crippen LogP contribution is -2.17. The predicted molar refractivity (Wildman–Crippen MR) is 85.9 cm³/mol. The zero-order chi connectivity index (χ0) is 14.7. The van der Waals surface area contributed by atoms with Gasteiger partial charge in [0, 0.05) is 36.6 Å². The Bertz CT molecular complexity index is 738. The van der Waals surface area contributed by atoms with Crippen LogP contribution in [0.25, 0.3) is 10.9 Å². The molecule has 2 heterocycles. The van der Waals surface area contributed by atoms with E-state index in [0.29, 0.717) is 0 Å². The van der Waals surface area contributed by atoms with Crippen molar-refractivity contribution >= 4 is 10.9 Å². The van der Waals surface area contributed by atoms with Gasteiger partial charge in [-0.25, -0.2) is 0 Å². The molecule has 0 aliphatic heterocycles. The van der Waals surface area contributed by atoms with Gasteiger partial charge >= 0.3 is 0 Å². The molecule has 3 heteroatoms. The number of para-hydroxylation sites is 1. The van der Waals surface area contributed by atoms with Gasteiger partial charge in [0.1, 0.15) is 0 Å². The lowest BCUT2D eigenvalue weighted by Gasteiger charge is -2.18. The second-order valence-corrected chi connectivity index (χ2v) is 5.47. The summed E-state index contributed by atoms with van der Waals surface area (Å²) in [6.45, 7) is 3.85. The first-order valence-corrected chi connectivity index (χ1v) is 7.15. The second-order valence-electron chi connectivity index (χ2n) is 5.47. The van der Waals surface area contributed by atoms with Crippen LogP contribution in [0.1, 0.15) is 16.8 Å². The van der Waals surface area contributed by atoms with Crippen molar-refractivity contribution in [1.29, 1.82) is 0 Å². The average molecular weight is 277 g/mol. The molecule has 0 saturated carbocycles. The van der Waals surface area contributed by atoms with Crippen LogP contribution in [0.5, 0.6) is 0 Å². The van der Waals surface area contributed by atoms with E-state index in [1.807, 2.05) is 24.5 Å². The summed E-state index contributed by atoms with van der Waals surface area (Å²) in [7, 11) is 2.14. The van der Waals surface area contributed by atoms with Crippen LogP contribution in [-0.4, -0.2) is 21.9 Å². The summed E-state index contributed by atoms with van der Waals surface area (Å²) >= 11 is 0. The number of aryl methyl sites for hydroxylation is 1. The van der Waals surface area contributed by atoms with Gasteiger partial charge in [-0.15, -0.1) is 0 Å². The van der Waals surface area contributed by atoms with Crippen molar-refractivity contribution < 1.29 is 0 Å². The third-order valence-corrected chi connectivity index (χ3v) is 3.55. The highest BCUT2D eigenvalue weighted by atomic mass is 15.1. The van der Waals surface area contributed by atoms with Crippen LogP contribution in [0, 0.1) is 6.92 Å². The Hall–Kier alpha value is -2.26. The second kappa shape index (κ2) is 6.02. The van der Waals surface area contributed by atoms with Gasteiger partial charge in [-0.2, -0.15) is 0 Å². The van der Waals surface area contributed by atoms with E-state index >= 15 is 0 Å². The normalized spacial score (nSPS) is 11.2. The summed E-state index contributed by atoms with van der Waals surface area (Å²) in [6, 6.07) is 14.6. The number of aromatic nitrogens is 2. The molecule has 0 bridgehead atoms. The third-order valence-electron chi connectivity index (χ3n) is 3.55. The minimum atomic E-state index is 0.892. The van der Waals surface area contributed by atoms with Crippen molar-refractivity contribution in [2.45, 2.75) is 20.0 Å². The highest BCUT2D eigenvalue weighted by Gasteiger charge is 2.07. The number of fused-ring (bicyclic) bond motifs is 1. The van der Waals surface area contributed by atoms with Gasteiger partial charge in [0.05, 0.1) is 5.52 Å². The summed E-state index contributed by atoms with van der Waals surface area (Å²) in [5.41, 5.74) is 4.69. The molecule has 0 unspecified atom stereocenters. The molecule has 1 aromatic carbocycles. The zero-order valence-electron chi connectivity index (χ0n) is 12.5. The first-order valence-electron chi connectivity index (χ1n) is 7.15. The monoisotopic (exact) mass is 277 g/mol. The largest absolute Gasteiger partial charge is 0.298 e. The molecule has 2 aromatic heterocycles. The average Bonchev–Trinajstić information content (AvgIpc) is 2.48.